The lowest BCUT2D eigenvalue weighted by atomic mass is 10.0. The van der Waals surface area contributed by atoms with Gasteiger partial charge in [-0.3, -0.25) is 0 Å². The summed E-state index contributed by atoms with van der Waals surface area (Å²) in [5.41, 5.74) is 3.86. The van der Waals surface area contributed by atoms with Crippen LogP contribution in [0, 0.1) is 0 Å². The second kappa shape index (κ2) is 7.25. The monoisotopic (exact) mass is 352 g/mol. The lowest BCUT2D eigenvalue weighted by molar-refractivity contribution is 0.598. The van der Waals surface area contributed by atoms with Crippen molar-refractivity contribution in [2.75, 3.05) is 25.5 Å². The van der Waals surface area contributed by atoms with Crippen LogP contribution in [0.1, 0.15) is 30.5 Å². The highest BCUT2D eigenvalue weighted by Crippen LogP contribution is 2.32. The lowest BCUT2D eigenvalue weighted by Gasteiger charge is -2.20. The van der Waals surface area contributed by atoms with E-state index in [1.807, 2.05) is 0 Å². The van der Waals surface area contributed by atoms with Crippen LogP contribution in [-0.4, -0.2) is 20.6 Å². The minimum absolute atomic E-state index is 0.256. The van der Waals surface area contributed by atoms with Crippen molar-refractivity contribution in [1.29, 1.82) is 0 Å². The zero-order chi connectivity index (χ0) is 14.5. The predicted octanol–water partition coefficient (Wildman–Crippen LogP) is 4.67. The molecule has 0 amide bonds. The highest BCUT2D eigenvalue weighted by Gasteiger charge is 2.16. The molecule has 0 saturated carbocycles. The van der Waals surface area contributed by atoms with Crippen LogP contribution in [0.3, 0.4) is 0 Å². The number of nitrogens with one attached hydrogen (secondary N) is 1. The molecule has 0 fully saturated rings. The van der Waals surface area contributed by atoms with Crippen molar-refractivity contribution in [3.63, 3.8) is 0 Å². The van der Waals surface area contributed by atoms with Gasteiger partial charge in [0.05, 0.1) is 6.04 Å². The molecule has 0 saturated heterocycles. The molecule has 108 valence electrons. The Bertz CT molecular complexity index is 534. The van der Waals surface area contributed by atoms with Crippen molar-refractivity contribution in [2.45, 2.75) is 19.4 Å². The molecular formula is C16H21BrN2S. The Balaban J connectivity index is 2.29. The Morgan fingerprint density at radius 3 is 2.40 bits per heavy atom. The maximum absolute atomic E-state index is 3.66. The third kappa shape index (κ3) is 3.62. The summed E-state index contributed by atoms with van der Waals surface area (Å²) >= 11 is 5.39. The normalized spacial score (nSPS) is 12.4. The first-order valence-corrected chi connectivity index (χ1v) is 8.59. The van der Waals surface area contributed by atoms with E-state index in [1.54, 1.807) is 11.3 Å². The number of halogens is 1. The maximum atomic E-state index is 3.66. The van der Waals surface area contributed by atoms with Crippen LogP contribution in [0.15, 0.2) is 39.5 Å². The van der Waals surface area contributed by atoms with Crippen LogP contribution < -0.4 is 10.2 Å². The number of benzene rings is 1. The smallest absolute Gasteiger partial charge is 0.0596 e. The first-order valence-electron chi connectivity index (χ1n) is 6.85. The van der Waals surface area contributed by atoms with Crippen molar-refractivity contribution in [2.24, 2.45) is 0 Å². The van der Waals surface area contributed by atoms with Gasteiger partial charge in [-0.05, 0) is 57.5 Å². The Morgan fingerprint density at radius 1 is 1.20 bits per heavy atom. The largest absolute Gasteiger partial charge is 0.378 e. The number of hydrogen-bond acceptors (Lipinski definition) is 3. The molecule has 2 aromatic rings. The molecular weight excluding hydrogens is 332 g/mol. The van der Waals surface area contributed by atoms with Gasteiger partial charge >= 0.3 is 0 Å². The Kier molecular flexibility index (Phi) is 5.64. The summed E-state index contributed by atoms with van der Waals surface area (Å²) in [7, 11) is 4.13. The Hall–Kier alpha value is -0.840. The summed E-state index contributed by atoms with van der Waals surface area (Å²) in [5, 5.41) is 8.00. The van der Waals surface area contributed by atoms with E-state index in [0.29, 0.717) is 0 Å². The van der Waals surface area contributed by atoms with E-state index in [9.17, 15) is 0 Å². The lowest BCUT2D eigenvalue weighted by Crippen LogP contribution is -2.23. The topological polar surface area (TPSA) is 15.3 Å². The second-order valence-electron chi connectivity index (χ2n) is 5.05. The van der Waals surface area contributed by atoms with Crippen molar-refractivity contribution >= 4 is 33.0 Å². The SMILES string of the molecule is CCCNC(c1ccc(N(C)C)cc1)c1cscc1Br. The highest BCUT2D eigenvalue weighted by atomic mass is 79.9. The van der Waals surface area contributed by atoms with Gasteiger partial charge in [0.15, 0.2) is 0 Å². The minimum Gasteiger partial charge on any atom is -0.378 e. The molecule has 0 aliphatic heterocycles. The quantitative estimate of drug-likeness (QED) is 0.812. The van der Waals surface area contributed by atoms with Gasteiger partial charge < -0.3 is 10.2 Å². The molecule has 2 nitrogen and oxygen atoms in total. The molecule has 0 aliphatic carbocycles. The fourth-order valence-electron chi connectivity index (χ4n) is 2.16. The Morgan fingerprint density at radius 2 is 1.90 bits per heavy atom. The van der Waals surface area contributed by atoms with Crippen LogP contribution in [-0.2, 0) is 0 Å². The molecule has 0 radical (unpaired) electrons. The van der Waals surface area contributed by atoms with Gasteiger partial charge in [0, 0.05) is 29.6 Å². The molecule has 1 atom stereocenters. The van der Waals surface area contributed by atoms with Crippen LogP contribution in [0.4, 0.5) is 5.69 Å². The summed E-state index contributed by atoms with van der Waals surface area (Å²) in [6.45, 7) is 3.21. The summed E-state index contributed by atoms with van der Waals surface area (Å²) in [6.07, 6.45) is 1.13. The second-order valence-corrected chi connectivity index (χ2v) is 6.65. The van der Waals surface area contributed by atoms with E-state index in [2.05, 4.69) is 82.2 Å². The van der Waals surface area contributed by atoms with Gasteiger partial charge in [0.25, 0.3) is 0 Å². The van der Waals surface area contributed by atoms with Gasteiger partial charge in [0.2, 0.25) is 0 Å². The molecule has 0 aliphatic rings. The number of thiophene rings is 1. The van der Waals surface area contributed by atoms with Crippen molar-refractivity contribution in [1.82, 2.24) is 5.32 Å². The van der Waals surface area contributed by atoms with Crippen LogP contribution in [0.2, 0.25) is 0 Å². The van der Waals surface area contributed by atoms with Gasteiger partial charge in [-0.2, -0.15) is 11.3 Å². The van der Waals surface area contributed by atoms with E-state index in [1.165, 1.54) is 21.3 Å². The van der Waals surface area contributed by atoms with Gasteiger partial charge in [-0.15, -0.1) is 0 Å². The zero-order valence-corrected chi connectivity index (χ0v) is 14.6. The average Bonchev–Trinajstić information content (AvgIpc) is 2.86. The third-order valence-electron chi connectivity index (χ3n) is 3.29. The number of rotatable bonds is 6. The van der Waals surface area contributed by atoms with Gasteiger partial charge in [-0.25, -0.2) is 0 Å². The summed E-state index contributed by atoms with van der Waals surface area (Å²) in [4.78, 5) is 2.12. The summed E-state index contributed by atoms with van der Waals surface area (Å²) < 4.78 is 1.19. The van der Waals surface area contributed by atoms with Crippen LogP contribution in [0.25, 0.3) is 0 Å². The number of hydrogen-bond donors (Lipinski definition) is 1. The van der Waals surface area contributed by atoms with E-state index >= 15 is 0 Å². The fourth-order valence-corrected chi connectivity index (χ4v) is 3.71. The van der Waals surface area contributed by atoms with Crippen molar-refractivity contribution < 1.29 is 0 Å². The molecule has 1 heterocycles. The first-order chi connectivity index (χ1) is 9.63. The van der Waals surface area contributed by atoms with Crippen LogP contribution >= 0.6 is 27.3 Å². The molecule has 2 rings (SSSR count). The highest BCUT2D eigenvalue weighted by molar-refractivity contribution is 9.10. The molecule has 4 heteroatoms. The summed E-state index contributed by atoms with van der Waals surface area (Å²) in [5.74, 6) is 0. The van der Waals surface area contributed by atoms with Crippen LogP contribution in [0.5, 0.6) is 0 Å². The average molecular weight is 353 g/mol. The molecule has 0 bridgehead atoms. The Labute approximate surface area is 133 Å². The molecule has 1 aromatic carbocycles. The number of anilines is 1. The molecule has 20 heavy (non-hydrogen) atoms. The van der Waals surface area contributed by atoms with Gasteiger partial charge in [0.1, 0.15) is 0 Å². The van der Waals surface area contributed by atoms with Crippen molar-refractivity contribution in [3.8, 4) is 0 Å². The van der Waals surface area contributed by atoms with Crippen molar-refractivity contribution in [3.05, 3.63) is 50.6 Å². The first kappa shape index (κ1) is 15.5. The molecule has 1 unspecified atom stereocenters. The van der Waals surface area contributed by atoms with Gasteiger partial charge in [-0.1, -0.05) is 19.1 Å². The molecule has 1 aromatic heterocycles. The molecule has 1 N–H and O–H groups in total. The van der Waals surface area contributed by atoms with E-state index < -0.39 is 0 Å². The summed E-state index contributed by atoms with van der Waals surface area (Å²) in [6, 6.07) is 9.04. The zero-order valence-electron chi connectivity index (χ0n) is 12.2. The molecule has 0 spiro atoms. The van der Waals surface area contributed by atoms with E-state index in [0.717, 1.165) is 13.0 Å². The third-order valence-corrected chi connectivity index (χ3v) is 5.05. The standard InChI is InChI=1S/C16H21BrN2S/c1-4-9-18-16(14-10-20-11-15(14)17)12-5-7-13(8-6-12)19(2)3/h5-8,10-11,16,18H,4,9H2,1-3H3. The minimum atomic E-state index is 0.256. The predicted molar refractivity (Wildman–Crippen MR) is 92.9 cm³/mol. The van der Waals surface area contributed by atoms with E-state index in [4.69, 9.17) is 0 Å². The number of nitrogens with zero attached hydrogens (tertiary/aromatic N) is 1. The maximum Gasteiger partial charge on any atom is 0.0596 e. The van der Waals surface area contributed by atoms with E-state index in [-0.39, 0.29) is 6.04 Å². The fraction of sp³-hybridized carbons (Fsp3) is 0.375.